The molecule has 0 spiro atoms. The van der Waals surface area contributed by atoms with Gasteiger partial charge in [0.1, 0.15) is 5.82 Å². The van der Waals surface area contributed by atoms with Crippen LogP contribution in [0.1, 0.15) is 18.4 Å². The van der Waals surface area contributed by atoms with Crippen LogP contribution in [0.4, 0.5) is 10.1 Å². The Morgan fingerprint density at radius 1 is 0.906 bits per heavy atom. The molecular weight excluding hydrogens is 497 g/mol. The normalized spacial score (nSPS) is 18.7. The van der Waals surface area contributed by atoms with Crippen molar-refractivity contribution in [2.24, 2.45) is 5.92 Å². The molecule has 0 unspecified atom stereocenters. The number of anilines is 1. The van der Waals surface area contributed by atoms with Gasteiger partial charge in [-0.05, 0) is 54.8 Å². The van der Waals surface area contributed by atoms with E-state index < -0.39 is 10.0 Å². The number of carbonyl (C=O) groups excluding carboxylic acids is 1. The summed E-state index contributed by atoms with van der Waals surface area (Å²) in [6, 6.07) is 13.7. The van der Waals surface area contributed by atoms with Crippen LogP contribution in [-0.2, 0) is 20.6 Å². The van der Waals surface area contributed by atoms with Gasteiger partial charge in [-0.25, -0.2) is 17.1 Å². The minimum Gasteiger partial charge on any atom is -0.368 e. The van der Waals surface area contributed by atoms with Crippen LogP contribution in [-0.4, -0.2) is 62.8 Å². The molecule has 2 heterocycles. The first kappa shape index (κ1) is 23.2. The van der Waals surface area contributed by atoms with Gasteiger partial charge in [-0.15, -0.1) is 0 Å². The van der Waals surface area contributed by atoms with Crippen molar-refractivity contribution in [2.45, 2.75) is 18.6 Å². The Morgan fingerprint density at radius 2 is 1.50 bits per heavy atom. The molecule has 2 aromatic carbocycles. The Labute approximate surface area is 197 Å². The SMILES string of the molecule is O=C(C1CCN(S(=O)(=O)Cc2ccc(Br)cc2)CC1)N1CCN(c2ccc(F)cc2)CC1. The predicted molar refractivity (Wildman–Crippen MR) is 126 cm³/mol. The Balaban J connectivity index is 1.27. The first-order valence-electron chi connectivity index (χ1n) is 10.8. The Hall–Kier alpha value is -1.97. The van der Waals surface area contributed by atoms with Crippen LogP contribution in [0.25, 0.3) is 0 Å². The van der Waals surface area contributed by atoms with Crippen molar-refractivity contribution < 1.29 is 17.6 Å². The number of sulfonamides is 1. The van der Waals surface area contributed by atoms with Gasteiger partial charge in [0.2, 0.25) is 15.9 Å². The molecule has 0 saturated carbocycles. The molecule has 0 bridgehead atoms. The highest BCUT2D eigenvalue weighted by molar-refractivity contribution is 9.10. The van der Waals surface area contributed by atoms with Crippen LogP contribution in [0.15, 0.2) is 53.0 Å². The molecule has 2 fully saturated rings. The summed E-state index contributed by atoms with van der Waals surface area (Å²) in [6.45, 7) is 3.42. The Morgan fingerprint density at radius 3 is 2.09 bits per heavy atom. The molecular formula is C23H27BrFN3O3S. The first-order chi connectivity index (χ1) is 15.3. The molecule has 0 N–H and O–H groups in total. The van der Waals surface area contributed by atoms with Gasteiger partial charge in [0, 0.05) is 55.3 Å². The summed E-state index contributed by atoms with van der Waals surface area (Å²) in [4.78, 5) is 17.0. The molecule has 2 aliphatic heterocycles. The minimum absolute atomic E-state index is 0.0236. The van der Waals surface area contributed by atoms with E-state index in [2.05, 4.69) is 20.8 Å². The summed E-state index contributed by atoms with van der Waals surface area (Å²) >= 11 is 3.36. The van der Waals surface area contributed by atoms with Gasteiger partial charge in [0.25, 0.3) is 0 Å². The van der Waals surface area contributed by atoms with Gasteiger partial charge in [0.05, 0.1) is 5.75 Å². The molecule has 4 rings (SSSR count). The fraction of sp³-hybridized carbons (Fsp3) is 0.435. The van der Waals surface area contributed by atoms with E-state index in [0.29, 0.717) is 52.1 Å². The van der Waals surface area contributed by atoms with Gasteiger partial charge in [-0.1, -0.05) is 28.1 Å². The van der Waals surface area contributed by atoms with Crippen molar-refractivity contribution >= 4 is 37.5 Å². The van der Waals surface area contributed by atoms with E-state index in [9.17, 15) is 17.6 Å². The molecule has 1 amide bonds. The maximum atomic E-state index is 13.1. The van der Waals surface area contributed by atoms with Crippen molar-refractivity contribution in [2.75, 3.05) is 44.2 Å². The molecule has 2 aliphatic rings. The summed E-state index contributed by atoms with van der Waals surface area (Å²) in [6.07, 6.45) is 1.10. The maximum Gasteiger partial charge on any atom is 0.225 e. The molecule has 2 saturated heterocycles. The number of hydrogen-bond donors (Lipinski definition) is 0. The highest BCUT2D eigenvalue weighted by Crippen LogP contribution is 2.25. The number of benzene rings is 2. The van der Waals surface area contributed by atoms with E-state index in [4.69, 9.17) is 0 Å². The molecule has 0 aromatic heterocycles. The van der Waals surface area contributed by atoms with E-state index in [0.717, 1.165) is 15.7 Å². The first-order valence-corrected chi connectivity index (χ1v) is 13.2. The second-order valence-corrected chi connectivity index (χ2v) is 11.2. The van der Waals surface area contributed by atoms with Crippen molar-refractivity contribution in [1.29, 1.82) is 0 Å². The lowest BCUT2D eigenvalue weighted by molar-refractivity contribution is -0.137. The van der Waals surface area contributed by atoms with Gasteiger partial charge >= 0.3 is 0 Å². The van der Waals surface area contributed by atoms with Crippen LogP contribution in [0.3, 0.4) is 0 Å². The van der Waals surface area contributed by atoms with Gasteiger partial charge in [-0.2, -0.15) is 0 Å². The predicted octanol–water partition coefficient (Wildman–Crippen LogP) is 3.48. The molecule has 32 heavy (non-hydrogen) atoms. The smallest absolute Gasteiger partial charge is 0.225 e. The minimum atomic E-state index is -3.40. The van der Waals surface area contributed by atoms with Crippen molar-refractivity contribution in [3.63, 3.8) is 0 Å². The van der Waals surface area contributed by atoms with Crippen LogP contribution >= 0.6 is 15.9 Å². The van der Waals surface area contributed by atoms with Crippen LogP contribution in [0.5, 0.6) is 0 Å². The third kappa shape index (κ3) is 5.50. The fourth-order valence-electron chi connectivity index (χ4n) is 4.36. The number of nitrogens with zero attached hydrogens (tertiary/aromatic N) is 3. The monoisotopic (exact) mass is 523 g/mol. The topological polar surface area (TPSA) is 60.9 Å². The summed E-state index contributed by atoms with van der Waals surface area (Å²) < 4.78 is 41.2. The number of rotatable bonds is 5. The summed E-state index contributed by atoms with van der Waals surface area (Å²) in [5.74, 6) is -0.294. The molecule has 0 radical (unpaired) electrons. The maximum absolute atomic E-state index is 13.1. The third-order valence-corrected chi connectivity index (χ3v) is 8.62. The Bertz CT molecular complexity index is 1030. The molecule has 9 heteroatoms. The number of hydrogen-bond acceptors (Lipinski definition) is 4. The summed E-state index contributed by atoms with van der Waals surface area (Å²) in [5, 5.41) is 0. The number of piperidine rings is 1. The van der Waals surface area contributed by atoms with Crippen molar-refractivity contribution in [3.8, 4) is 0 Å². The highest BCUT2D eigenvalue weighted by atomic mass is 79.9. The lowest BCUT2D eigenvalue weighted by Crippen LogP contribution is -2.52. The van der Waals surface area contributed by atoms with Gasteiger partial charge < -0.3 is 9.80 Å². The van der Waals surface area contributed by atoms with E-state index in [1.54, 1.807) is 12.1 Å². The lowest BCUT2D eigenvalue weighted by Gasteiger charge is -2.39. The van der Waals surface area contributed by atoms with E-state index in [-0.39, 0.29) is 23.4 Å². The largest absolute Gasteiger partial charge is 0.368 e. The molecule has 6 nitrogen and oxygen atoms in total. The van der Waals surface area contributed by atoms with Crippen LogP contribution in [0, 0.1) is 11.7 Å². The summed E-state index contributed by atoms with van der Waals surface area (Å²) in [5.41, 5.74) is 1.72. The zero-order valence-corrected chi connectivity index (χ0v) is 20.2. The Kier molecular flexibility index (Phi) is 7.17. The second-order valence-electron chi connectivity index (χ2n) is 8.34. The average Bonchev–Trinajstić information content (AvgIpc) is 2.81. The lowest BCUT2D eigenvalue weighted by atomic mass is 9.96. The van der Waals surface area contributed by atoms with Crippen LogP contribution in [0.2, 0.25) is 0 Å². The molecule has 0 aliphatic carbocycles. The molecule has 172 valence electrons. The van der Waals surface area contributed by atoms with E-state index in [1.807, 2.05) is 29.2 Å². The van der Waals surface area contributed by atoms with E-state index >= 15 is 0 Å². The second kappa shape index (κ2) is 9.89. The van der Waals surface area contributed by atoms with Gasteiger partial charge in [0.15, 0.2) is 0 Å². The fourth-order valence-corrected chi connectivity index (χ4v) is 6.19. The zero-order chi connectivity index (χ0) is 22.7. The molecule has 2 aromatic rings. The van der Waals surface area contributed by atoms with Crippen molar-refractivity contribution in [1.82, 2.24) is 9.21 Å². The summed E-state index contributed by atoms with van der Waals surface area (Å²) in [7, 11) is -3.40. The average molecular weight is 524 g/mol. The standard InChI is InChI=1S/C23H27BrFN3O3S/c24-20-3-1-18(2-4-20)17-32(30,31)28-11-9-19(10-12-28)23(29)27-15-13-26(14-16-27)22-7-5-21(25)6-8-22/h1-8,19H,9-17H2. The number of piperazine rings is 1. The van der Waals surface area contributed by atoms with Gasteiger partial charge in [-0.3, -0.25) is 4.79 Å². The number of amides is 1. The molecule has 0 atom stereocenters. The van der Waals surface area contributed by atoms with Crippen LogP contribution < -0.4 is 4.90 Å². The van der Waals surface area contributed by atoms with E-state index in [1.165, 1.54) is 16.4 Å². The third-order valence-electron chi connectivity index (χ3n) is 6.24. The zero-order valence-electron chi connectivity index (χ0n) is 17.8. The number of carbonyl (C=O) groups is 1. The highest BCUT2D eigenvalue weighted by Gasteiger charge is 2.34. The number of halogens is 2. The quantitative estimate of drug-likeness (QED) is 0.601. The van der Waals surface area contributed by atoms with Crippen molar-refractivity contribution in [3.05, 3.63) is 64.4 Å².